The van der Waals surface area contributed by atoms with E-state index >= 15 is 0 Å². The summed E-state index contributed by atoms with van der Waals surface area (Å²) in [6, 6.07) is 8.27. The highest BCUT2D eigenvalue weighted by Gasteiger charge is 2.20. The first kappa shape index (κ1) is 28.3. The first-order valence-electron chi connectivity index (χ1n) is 13.4. The number of carboxylic acid groups (broad SMARTS) is 1. The van der Waals surface area contributed by atoms with E-state index in [-0.39, 0.29) is 12.4 Å². The SMILES string of the molecule is Cn1nccc1N[C@@H](CCN(CCCCc1ccc2c(n1)NCCC2)CCOc1cc(F)cc(F)c1)C(=O)O. The number of hydrogen-bond donors (Lipinski definition) is 3. The van der Waals surface area contributed by atoms with E-state index < -0.39 is 23.6 Å². The van der Waals surface area contributed by atoms with Crippen molar-refractivity contribution in [1.29, 1.82) is 0 Å². The maximum atomic E-state index is 13.5. The van der Waals surface area contributed by atoms with Crippen molar-refractivity contribution in [2.75, 3.05) is 43.4 Å². The number of fused-ring (bicyclic) bond motifs is 1. The lowest BCUT2D eigenvalue weighted by Crippen LogP contribution is -2.37. The average molecular weight is 543 g/mol. The number of aryl methyl sites for hydroxylation is 3. The minimum absolute atomic E-state index is 0.126. The standard InChI is InChI=1S/C28H36F2N6O3/c1-35-26(9-12-32-35)34-25(28(37)38)10-14-36(15-16-39-24-18-21(29)17-22(30)19-24)13-3-2-6-23-8-7-20-5-4-11-31-27(20)33-23/h7-9,12,17-19,25,34H,2-6,10-11,13-16H2,1H3,(H,31,33)(H,37,38)/t25-/m0/s1. The number of hydrogen-bond acceptors (Lipinski definition) is 7. The number of aliphatic carboxylic acids is 1. The molecule has 210 valence electrons. The van der Waals surface area contributed by atoms with Gasteiger partial charge in [-0.2, -0.15) is 5.10 Å². The highest BCUT2D eigenvalue weighted by Crippen LogP contribution is 2.20. The Morgan fingerprint density at radius 2 is 2.00 bits per heavy atom. The van der Waals surface area contributed by atoms with Crippen molar-refractivity contribution in [2.24, 2.45) is 7.05 Å². The zero-order valence-corrected chi connectivity index (χ0v) is 22.2. The molecule has 0 unspecified atom stereocenters. The van der Waals surface area contributed by atoms with Crippen molar-refractivity contribution in [3.63, 3.8) is 0 Å². The van der Waals surface area contributed by atoms with Crippen LogP contribution in [0.1, 0.15) is 36.9 Å². The van der Waals surface area contributed by atoms with Gasteiger partial charge in [0.2, 0.25) is 0 Å². The second kappa shape index (κ2) is 13.9. The third kappa shape index (κ3) is 8.64. The third-order valence-corrected chi connectivity index (χ3v) is 6.80. The number of aromatic nitrogens is 3. The molecule has 4 rings (SSSR count). The number of pyridine rings is 1. The molecule has 0 saturated carbocycles. The molecule has 1 aliphatic heterocycles. The number of carboxylic acids is 1. The Hall–Kier alpha value is -3.73. The largest absolute Gasteiger partial charge is 0.492 e. The van der Waals surface area contributed by atoms with Crippen LogP contribution in [-0.4, -0.2) is 69.6 Å². The van der Waals surface area contributed by atoms with E-state index in [0.717, 1.165) is 74.9 Å². The summed E-state index contributed by atoms with van der Waals surface area (Å²) in [5, 5.41) is 20.2. The van der Waals surface area contributed by atoms with Crippen LogP contribution in [0.4, 0.5) is 20.4 Å². The lowest BCUT2D eigenvalue weighted by atomic mass is 10.1. The fourth-order valence-corrected chi connectivity index (χ4v) is 4.65. The van der Waals surface area contributed by atoms with Crippen LogP contribution in [-0.2, 0) is 24.7 Å². The summed E-state index contributed by atoms with van der Waals surface area (Å²) in [4.78, 5) is 18.8. The number of nitrogens with zero attached hydrogens (tertiary/aromatic N) is 4. The highest BCUT2D eigenvalue weighted by molar-refractivity contribution is 5.76. The van der Waals surface area contributed by atoms with Gasteiger partial charge in [-0.3, -0.25) is 9.58 Å². The number of ether oxygens (including phenoxy) is 1. The number of unbranched alkanes of at least 4 members (excludes halogenated alkanes) is 1. The molecule has 1 aliphatic rings. The number of nitrogens with one attached hydrogen (secondary N) is 2. The molecule has 0 amide bonds. The van der Waals surface area contributed by atoms with Crippen molar-refractivity contribution in [3.8, 4) is 5.75 Å². The Kier molecular flexibility index (Phi) is 10.1. The maximum absolute atomic E-state index is 13.5. The molecule has 0 saturated heterocycles. The molecular formula is C28H36F2N6O3. The Balaban J connectivity index is 1.31. The van der Waals surface area contributed by atoms with Gasteiger partial charge < -0.3 is 20.5 Å². The van der Waals surface area contributed by atoms with Gasteiger partial charge in [0.25, 0.3) is 0 Å². The second-order valence-electron chi connectivity index (χ2n) is 9.76. The first-order chi connectivity index (χ1) is 18.9. The van der Waals surface area contributed by atoms with Gasteiger partial charge in [-0.25, -0.2) is 18.6 Å². The zero-order valence-electron chi connectivity index (χ0n) is 22.2. The molecule has 3 N–H and O–H groups in total. The normalized spacial score (nSPS) is 13.5. The molecule has 0 aliphatic carbocycles. The smallest absolute Gasteiger partial charge is 0.326 e. The van der Waals surface area contributed by atoms with Crippen LogP contribution >= 0.6 is 0 Å². The second-order valence-corrected chi connectivity index (χ2v) is 9.76. The first-order valence-corrected chi connectivity index (χ1v) is 13.4. The van der Waals surface area contributed by atoms with Crippen LogP contribution in [0.15, 0.2) is 42.6 Å². The van der Waals surface area contributed by atoms with Crippen molar-refractivity contribution in [3.05, 3.63) is 65.5 Å². The van der Waals surface area contributed by atoms with Crippen LogP contribution < -0.4 is 15.4 Å². The molecule has 0 bridgehead atoms. The molecule has 2 aromatic heterocycles. The minimum Gasteiger partial charge on any atom is -0.492 e. The zero-order chi connectivity index (χ0) is 27.6. The molecule has 0 radical (unpaired) electrons. The molecule has 3 aromatic rings. The Bertz CT molecular complexity index is 1220. The van der Waals surface area contributed by atoms with E-state index in [1.54, 1.807) is 24.0 Å². The molecular weight excluding hydrogens is 506 g/mol. The Morgan fingerprint density at radius 1 is 1.18 bits per heavy atom. The fraction of sp³-hybridized carbons (Fsp3) is 0.464. The van der Waals surface area contributed by atoms with Crippen molar-refractivity contribution >= 4 is 17.6 Å². The lowest BCUT2D eigenvalue weighted by Gasteiger charge is -2.25. The summed E-state index contributed by atoms with van der Waals surface area (Å²) in [5.74, 6) is -0.600. The van der Waals surface area contributed by atoms with Gasteiger partial charge >= 0.3 is 5.97 Å². The molecule has 1 aromatic carbocycles. The lowest BCUT2D eigenvalue weighted by molar-refractivity contribution is -0.138. The van der Waals surface area contributed by atoms with Gasteiger partial charge in [0, 0.05) is 56.6 Å². The topological polar surface area (TPSA) is 105 Å². The average Bonchev–Trinajstić information content (AvgIpc) is 3.31. The minimum atomic E-state index is -0.949. The van der Waals surface area contributed by atoms with Gasteiger partial charge in [0.05, 0.1) is 6.20 Å². The summed E-state index contributed by atoms with van der Waals surface area (Å²) in [7, 11) is 1.74. The monoisotopic (exact) mass is 542 g/mol. The maximum Gasteiger partial charge on any atom is 0.326 e. The van der Waals surface area contributed by atoms with Crippen LogP contribution in [0.25, 0.3) is 0 Å². The Morgan fingerprint density at radius 3 is 2.74 bits per heavy atom. The van der Waals surface area contributed by atoms with E-state index in [9.17, 15) is 18.7 Å². The van der Waals surface area contributed by atoms with Crippen LogP contribution in [0.3, 0.4) is 0 Å². The van der Waals surface area contributed by atoms with Gasteiger partial charge in [-0.05, 0) is 56.7 Å². The Labute approximate surface area is 227 Å². The van der Waals surface area contributed by atoms with Gasteiger partial charge in [0.1, 0.15) is 41.7 Å². The summed E-state index contributed by atoms with van der Waals surface area (Å²) in [5.41, 5.74) is 2.32. The van der Waals surface area contributed by atoms with Gasteiger partial charge in [-0.1, -0.05) is 6.07 Å². The van der Waals surface area contributed by atoms with Gasteiger partial charge in [0.15, 0.2) is 0 Å². The van der Waals surface area contributed by atoms with Crippen LogP contribution in [0.5, 0.6) is 5.75 Å². The summed E-state index contributed by atoms with van der Waals surface area (Å²) < 4.78 is 34.2. The fourth-order valence-electron chi connectivity index (χ4n) is 4.65. The van der Waals surface area contributed by atoms with E-state index in [0.29, 0.717) is 25.3 Å². The van der Waals surface area contributed by atoms with E-state index in [4.69, 9.17) is 9.72 Å². The van der Waals surface area contributed by atoms with E-state index in [2.05, 4.69) is 32.8 Å². The number of rotatable bonds is 15. The predicted octanol–water partition coefficient (Wildman–Crippen LogP) is 4.11. The van der Waals surface area contributed by atoms with Crippen LogP contribution in [0, 0.1) is 11.6 Å². The van der Waals surface area contributed by atoms with Gasteiger partial charge in [-0.15, -0.1) is 0 Å². The summed E-state index contributed by atoms with van der Waals surface area (Å²) >= 11 is 0. The highest BCUT2D eigenvalue weighted by atomic mass is 19.1. The van der Waals surface area contributed by atoms with Crippen molar-refractivity contribution < 1.29 is 23.4 Å². The number of anilines is 2. The molecule has 1 atom stereocenters. The molecule has 11 heteroatoms. The quantitative estimate of drug-likeness (QED) is 0.247. The predicted molar refractivity (Wildman–Crippen MR) is 145 cm³/mol. The summed E-state index contributed by atoms with van der Waals surface area (Å²) in [6.07, 6.45) is 6.80. The number of benzene rings is 1. The van der Waals surface area contributed by atoms with Crippen molar-refractivity contribution in [1.82, 2.24) is 19.7 Å². The molecule has 39 heavy (non-hydrogen) atoms. The molecule has 3 heterocycles. The van der Waals surface area contributed by atoms with E-state index in [1.807, 2.05) is 0 Å². The molecule has 0 fully saturated rings. The summed E-state index contributed by atoms with van der Waals surface area (Å²) in [6.45, 7) is 2.88. The molecule has 9 nitrogen and oxygen atoms in total. The van der Waals surface area contributed by atoms with Crippen LogP contribution in [0.2, 0.25) is 0 Å². The molecule has 0 spiro atoms. The number of halogens is 2. The third-order valence-electron chi connectivity index (χ3n) is 6.80. The van der Waals surface area contributed by atoms with E-state index in [1.165, 1.54) is 5.56 Å². The van der Waals surface area contributed by atoms with Crippen molar-refractivity contribution in [2.45, 2.75) is 44.6 Å². The number of carbonyl (C=O) groups is 1.